The van der Waals surface area contributed by atoms with Crippen LogP contribution in [0.1, 0.15) is 12.5 Å². The van der Waals surface area contributed by atoms with E-state index in [2.05, 4.69) is 4.74 Å². The van der Waals surface area contributed by atoms with Crippen LogP contribution in [-0.4, -0.2) is 24.2 Å². The number of hydrogen-bond donors (Lipinski definition) is 1. The van der Waals surface area contributed by atoms with Gasteiger partial charge in [0.05, 0.1) is 7.11 Å². The van der Waals surface area contributed by atoms with Crippen LogP contribution >= 0.6 is 0 Å². The van der Waals surface area contributed by atoms with E-state index in [0.717, 1.165) is 13.0 Å². The zero-order chi connectivity index (χ0) is 12.8. The van der Waals surface area contributed by atoms with Crippen molar-refractivity contribution in [1.29, 1.82) is 0 Å². The number of esters is 2. The monoisotopic (exact) mass is 236 g/mol. The highest BCUT2D eigenvalue weighted by atomic mass is 16.6. The van der Waals surface area contributed by atoms with Crippen molar-refractivity contribution in [2.75, 3.05) is 7.11 Å². The third-order valence-corrected chi connectivity index (χ3v) is 1.86. The van der Waals surface area contributed by atoms with Gasteiger partial charge in [0.15, 0.2) is 0 Å². The van der Waals surface area contributed by atoms with Crippen molar-refractivity contribution in [2.45, 2.75) is 6.92 Å². The Hall–Kier alpha value is -2.30. The van der Waals surface area contributed by atoms with Crippen LogP contribution in [0.3, 0.4) is 0 Å². The Kier molecular flexibility index (Phi) is 4.28. The molecule has 0 saturated carbocycles. The standard InChI is InChI=1S/C12H12O5/c1-8(13)17-12(15)6-4-9-3-5-10(14)7-11(9)16-2/h3-7,14H,1-2H3. The predicted octanol–water partition coefficient (Wildman–Crippen LogP) is 1.50. The Bertz CT molecular complexity index is 462. The molecule has 0 fully saturated rings. The highest BCUT2D eigenvalue weighted by Crippen LogP contribution is 2.24. The number of rotatable bonds is 3. The first kappa shape index (κ1) is 12.8. The zero-order valence-electron chi connectivity index (χ0n) is 9.47. The molecule has 0 aliphatic carbocycles. The maximum atomic E-state index is 11.1. The fraction of sp³-hybridized carbons (Fsp3) is 0.167. The van der Waals surface area contributed by atoms with Crippen molar-refractivity contribution in [3.05, 3.63) is 29.8 Å². The molecule has 1 N–H and O–H groups in total. The summed E-state index contributed by atoms with van der Waals surface area (Å²) >= 11 is 0. The fourth-order valence-electron chi connectivity index (χ4n) is 1.17. The molecule has 0 bridgehead atoms. The SMILES string of the molecule is COc1cc(O)ccc1C=CC(=O)OC(C)=O. The van der Waals surface area contributed by atoms with E-state index in [9.17, 15) is 14.7 Å². The molecule has 0 atom stereocenters. The van der Waals surface area contributed by atoms with Crippen molar-refractivity contribution in [3.63, 3.8) is 0 Å². The molecule has 0 amide bonds. The van der Waals surface area contributed by atoms with Crippen molar-refractivity contribution in [2.24, 2.45) is 0 Å². The van der Waals surface area contributed by atoms with Gasteiger partial charge < -0.3 is 14.6 Å². The lowest BCUT2D eigenvalue weighted by molar-refractivity contribution is -0.154. The van der Waals surface area contributed by atoms with Gasteiger partial charge in [0.1, 0.15) is 11.5 Å². The number of phenolic OH excluding ortho intramolecular Hbond substituents is 1. The third kappa shape index (κ3) is 3.98. The van der Waals surface area contributed by atoms with Gasteiger partial charge in [-0.2, -0.15) is 0 Å². The molecule has 0 radical (unpaired) electrons. The third-order valence-electron chi connectivity index (χ3n) is 1.86. The maximum absolute atomic E-state index is 11.1. The maximum Gasteiger partial charge on any atom is 0.338 e. The number of carbonyl (C=O) groups is 2. The van der Waals surface area contributed by atoms with E-state index in [4.69, 9.17) is 4.74 Å². The second-order valence-electron chi connectivity index (χ2n) is 3.17. The van der Waals surface area contributed by atoms with Crippen LogP contribution in [0.4, 0.5) is 0 Å². The quantitative estimate of drug-likeness (QED) is 0.489. The summed E-state index contributed by atoms with van der Waals surface area (Å²) in [5, 5.41) is 9.22. The summed E-state index contributed by atoms with van der Waals surface area (Å²) in [6.45, 7) is 1.15. The van der Waals surface area contributed by atoms with Crippen LogP contribution in [0, 0.1) is 0 Å². The van der Waals surface area contributed by atoms with E-state index in [0.29, 0.717) is 11.3 Å². The van der Waals surface area contributed by atoms with Gasteiger partial charge in [0.25, 0.3) is 0 Å². The molecule has 0 aromatic heterocycles. The van der Waals surface area contributed by atoms with Crippen molar-refractivity contribution in [3.8, 4) is 11.5 Å². The van der Waals surface area contributed by atoms with Crippen LogP contribution in [-0.2, 0) is 14.3 Å². The number of carbonyl (C=O) groups excluding carboxylic acids is 2. The lowest BCUT2D eigenvalue weighted by atomic mass is 10.2. The van der Waals surface area contributed by atoms with E-state index in [-0.39, 0.29) is 5.75 Å². The van der Waals surface area contributed by atoms with Crippen LogP contribution in [0.25, 0.3) is 6.08 Å². The molecule has 17 heavy (non-hydrogen) atoms. The summed E-state index contributed by atoms with van der Waals surface area (Å²) in [5.41, 5.74) is 0.589. The molecule has 1 rings (SSSR count). The fourth-order valence-corrected chi connectivity index (χ4v) is 1.17. The topological polar surface area (TPSA) is 72.8 Å². The Morgan fingerprint density at radius 1 is 1.35 bits per heavy atom. The van der Waals surface area contributed by atoms with Gasteiger partial charge in [-0.15, -0.1) is 0 Å². The van der Waals surface area contributed by atoms with Gasteiger partial charge in [-0.3, -0.25) is 4.79 Å². The van der Waals surface area contributed by atoms with Gasteiger partial charge in [-0.25, -0.2) is 4.79 Å². The molecule has 0 spiro atoms. The van der Waals surface area contributed by atoms with E-state index < -0.39 is 11.9 Å². The largest absolute Gasteiger partial charge is 0.508 e. The minimum absolute atomic E-state index is 0.0605. The van der Waals surface area contributed by atoms with Gasteiger partial charge in [-0.05, 0) is 18.2 Å². The summed E-state index contributed by atoms with van der Waals surface area (Å²) < 4.78 is 9.32. The number of ether oxygens (including phenoxy) is 2. The minimum Gasteiger partial charge on any atom is -0.508 e. The Morgan fingerprint density at radius 3 is 2.65 bits per heavy atom. The van der Waals surface area contributed by atoms with Crippen molar-refractivity contribution >= 4 is 18.0 Å². The first-order valence-corrected chi connectivity index (χ1v) is 4.80. The molecule has 5 heteroatoms. The summed E-state index contributed by atoms with van der Waals surface area (Å²) in [6.07, 6.45) is 2.54. The summed E-state index contributed by atoms with van der Waals surface area (Å²) in [6, 6.07) is 4.44. The second-order valence-corrected chi connectivity index (χ2v) is 3.17. The lowest BCUT2D eigenvalue weighted by Crippen LogP contribution is -2.05. The van der Waals surface area contributed by atoms with Gasteiger partial charge in [0, 0.05) is 24.6 Å². The molecule has 0 aliphatic heterocycles. The Morgan fingerprint density at radius 2 is 2.06 bits per heavy atom. The summed E-state index contributed by atoms with van der Waals surface area (Å²) in [4.78, 5) is 21.6. The summed E-state index contributed by atoms with van der Waals surface area (Å²) in [5.74, 6) is -0.952. The highest BCUT2D eigenvalue weighted by Gasteiger charge is 2.04. The smallest absolute Gasteiger partial charge is 0.338 e. The van der Waals surface area contributed by atoms with Gasteiger partial charge >= 0.3 is 11.9 Å². The van der Waals surface area contributed by atoms with E-state index >= 15 is 0 Å². The number of methoxy groups -OCH3 is 1. The number of aromatic hydroxyl groups is 1. The lowest BCUT2D eigenvalue weighted by Gasteiger charge is -2.04. The van der Waals surface area contributed by atoms with Crippen molar-refractivity contribution < 1.29 is 24.2 Å². The van der Waals surface area contributed by atoms with Gasteiger partial charge in [-0.1, -0.05) is 0 Å². The number of benzene rings is 1. The molecule has 0 saturated heterocycles. The Labute approximate surface area is 98.3 Å². The minimum atomic E-state index is -0.757. The van der Waals surface area contributed by atoms with Crippen LogP contribution < -0.4 is 4.74 Å². The first-order chi connectivity index (χ1) is 8.02. The Balaban J connectivity index is 2.84. The molecule has 0 unspecified atom stereocenters. The molecule has 90 valence electrons. The van der Waals surface area contributed by atoms with Crippen molar-refractivity contribution in [1.82, 2.24) is 0 Å². The van der Waals surface area contributed by atoms with E-state index in [1.54, 1.807) is 6.07 Å². The van der Waals surface area contributed by atoms with Crippen LogP contribution in [0.5, 0.6) is 11.5 Å². The zero-order valence-corrected chi connectivity index (χ0v) is 9.47. The van der Waals surface area contributed by atoms with Gasteiger partial charge in [0.2, 0.25) is 0 Å². The molecule has 5 nitrogen and oxygen atoms in total. The number of phenols is 1. The molecule has 0 heterocycles. The highest BCUT2D eigenvalue weighted by molar-refractivity contribution is 5.94. The molecular formula is C12H12O5. The van der Waals surface area contributed by atoms with E-state index in [1.807, 2.05) is 0 Å². The van der Waals surface area contributed by atoms with E-state index in [1.165, 1.54) is 25.3 Å². The number of hydrogen-bond acceptors (Lipinski definition) is 5. The van der Waals surface area contributed by atoms with Crippen LogP contribution in [0.15, 0.2) is 24.3 Å². The molecular weight excluding hydrogens is 224 g/mol. The first-order valence-electron chi connectivity index (χ1n) is 4.80. The second kappa shape index (κ2) is 5.69. The molecule has 1 aromatic carbocycles. The summed E-state index contributed by atoms with van der Waals surface area (Å²) in [7, 11) is 1.44. The normalized spacial score (nSPS) is 10.2. The predicted molar refractivity (Wildman–Crippen MR) is 60.5 cm³/mol. The average Bonchev–Trinajstić information content (AvgIpc) is 2.26. The van der Waals surface area contributed by atoms with Crippen LogP contribution in [0.2, 0.25) is 0 Å². The average molecular weight is 236 g/mol. The molecule has 1 aromatic rings. The molecule has 0 aliphatic rings.